The topological polar surface area (TPSA) is 110 Å². The monoisotopic (exact) mass is 533 g/mol. The Kier molecular flexibility index (Phi) is 6.07. The molecule has 8 fully saturated rings. The summed E-state index contributed by atoms with van der Waals surface area (Å²) in [7, 11) is 0. The lowest BCUT2D eigenvalue weighted by Crippen LogP contribution is -2.51. The lowest BCUT2D eigenvalue weighted by Gasteiger charge is -2.57. The highest BCUT2D eigenvalue weighted by Gasteiger charge is 2.72. The molecule has 10 heteroatoms. The van der Waals surface area contributed by atoms with E-state index in [-0.39, 0.29) is 12.0 Å². The summed E-state index contributed by atoms with van der Waals surface area (Å²) >= 11 is 0. The highest BCUT2D eigenvalue weighted by Crippen LogP contribution is 2.60. The summed E-state index contributed by atoms with van der Waals surface area (Å²) in [6, 6.07) is 0. The van der Waals surface area contributed by atoms with Crippen molar-refractivity contribution in [2.24, 2.45) is 35.0 Å². The second-order valence-corrected chi connectivity index (χ2v) is 13.4. The Hall–Kier alpha value is -1.75. The Morgan fingerprint density at radius 2 is 1.66 bits per heavy atom. The van der Waals surface area contributed by atoms with E-state index in [1.165, 1.54) is 38.5 Å². The van der Waals surface area contributed by atoms with Gasteiger partial charge in [-0.05, 0) is 61.7 Å². The zero-order valence-corrected chi connectivity index (χ0v) is 22.3. The van der Waals surface area contributed by atoms with E-state index in [1.54, 1.807) is 13.8 Å². The first kappa shape index (κ1) is 25.2. The Labute approximate surface area is 222 Å². The normalized spacial score (nSPS) is 44.9. The van der Waals surface area contributed by atoms with E-state index in [1.807, 2.05) is 4.90 Å². The average Bonchev–Trinajstić information content (AvgIpc) is 3.47. The number of hydrogen-bond donors (Lipinski definition) is 0. The van der Waals surface area contributed by atoms with Crippen LogP contribution in [0.1, 0.15) is 52.4 Å². The van der Waals surface area contributed by atoms with Gasteiger partial charge in [0.05, 0.1) is 26.4 Å². The summed E-state index contributed by atoms with van der Waals surface area (Å²) in [5.74, 6) is -1.85. The molecule has 0 spiro atoms. The van der Waals surface area contributed by atoms with Gasteiger partial charge >= 0.3 is 17.9 Å². The van der Waals surface area contributed by atoms with Crippen LogP contribution in [0.15, 0.2) is 0 Å². The second kappa shape index (κ2) is 9.14. The molecule has 0 amide bonds. The maximum absolute atomic E-state index is 13.5. The molecule has 8 aliphatic rings. The lowest BCUT2D eigenvalue weighted by atomic mass is 9.50. The molecule has 210 valence electrons. The van der Waals surface area contributed by atoms with Crippen LogP contribution < -0.4 is 0 Å². The maximum Gasteiger partial charge on any atom is 0.320 e. The predicted octanol–water partition coefficient (Wildman–Crippen LogP) is 1.68. The molecular weight excluding hydrogens is 494 g/mol. The van der Waals surface area contributed by atoms with Crippen molar-refractivity contribution < 1.29 is 42.8 Å². The van der Waals surface area contributed by atoms with Gasteiger partial charge in [0.2, 0.25) is 5.79 Å². The van der Waals surface area contributed by atoms with Gasteiger partial charge in [0.15, 0.2) is 12.2 Å². The third-order valence-electron chi connectivity index (χ3n) is 10.1. The highest BCUT2D eigenvalue weighted by molar-refractivity contribution is 5.87. The van der Waals surface area contributed by atoms with Crippen molar-refractivity contribution in [2.75, 3.05) is 39.5 Å². The van der Waals surface area contributed by atoms with Gasteiger partial charge in [0.1, 0.15) is 24.0 Å². The van der Waals surface area contributed by atoms with Crippen LogP contribution in [0.3, 0.4) is 0 Å². The third-order valence-corrected chi connectivity index (χ3v) is 10.1. The largest absolute Gasteiger partial charge is 0.455 e. The highest BCUT2D eigenvalue weighted by atomic mass is 16.7. The minimum absolute atomic E-state index is 0.113. The number of carbonyl (C=O) groups is 3. The molecule has 4 saturated heterocycles. The first-order valence-electron chi connectivity index (χ1n) is 14.4. The maximum atomic E-state index is 13.5. The number of ether oxygens (including phenoxy) is 6. The van der Waals surface area contributed by atoms with Crippen LogP contribution in [0.2, 0.25) is 0 Å². The molecule has 0 radical (unpaired) electrons. The summed E-state index contributed by atoms with van der Waals surface area (Å²) in [6.45, 7) is 6.65. The van der Waals surface area contributed by atoms with Crippen LogP contribution in [0, 0.1) is 35.0 Å². The number of esters is 3. The number of morpholine rings is 1. The predicted molar refractivity (Wildman–Crippen MR) is 129 cm³/mol. The second-order valence-electron chi connectivity index (χ2n) is 13.4. The molecule has 4 saturated carbocycles. The van der Waals surface area contributed by atoms with Crippen molar-refractivity contribution in [3.05, 3.63) is 0 Å². The number of nitrogens with zero attached hydrogens (tertiary/aromatic N) is 1. The molecule has 0 N–H and O–H groups in total. The molecule has 0 aromatic carbocycles. The van der Waals surface area contributed by atoms with E-state index in [0.29, 0.717) is 32.9 Å². The summed E-state index contributed by atoms with van der Waals surface area (Å²) < 4.78 is 34.8. The van der Waals surface area contributed by atoms with Crippen LogP contribution in [0.5, 0.6) is 0 Å². The van der Waals surface area contributed by atoms with Crippen molar-refractivity contribution in [2.45, 2.75) is 82.6 Å². The van der Waals surface area contributed by atoms with Gasteiger partial charge in [-0.25, -0.2) is 0 Å². The van der Waals surface area contributed by atoms with Crippen LogP contribution in [0.25, 0.3) is 0 Å². The van der Waals surface area contributed by atoms with Crippen molar-refractivity contribution in [1.82, 2.24) is 4.90 Å². The molecule has 8 rings (SSSR count). The quantitative estimate of drug-likeness (QED) is 0.260. The fourth-order valence-corrected chi connectivity index (χ4v) is 9.00. The molecule has 6 unspecified atom stereocenters. The van der Waals surface area contributed by atoms with Crippen molar-refractivity contribution in [1.29, 1.82) is 0 Å². The number of carbonyl (C=O) groups excluding carboxylic acids is 3. The van der Waals surface area contributed by atoms with Crippen LogP contribution in [0.4, 0.5) is 0 Å². The molecule has 6 atom stereocenters. The molecule has 4 aliphatic heterocycles. The minimum atomic E-state index is -1.15. The smallest absolute Gasteiger partial charge is 0.320 e. The summed E-state index contributed by atoms with van der Waals surface area (Å²) in [5, 5.41) is 0. The standard InChI is InChI=1S/C28H39NO9/c1-27(2,34-14-28-10-15-7-16(11-28)9-17(8-15)12-28)38-26(32)20-19-21-24(37-25(19)31)23(22(20)36-21)35-18(30)13-29-3-5-33-6-4-29/h15-17,19-24H,3-14H2,1-2H3. The van der Waals surface area contributed by atoms with Gasteiger partial charge in [-0.1, -0.05) is 0 Å². The fraction of sp³-hybridized carbons (Fsp3) is 0.893. The van der Waals surface area contributed by atoms with Gasteiger partial charge < -0.3 is 28.4 Å². The van der Waals surface area contributed by atoms with E-state index >= 15 is 0 Å². The zero-order valence-electron chi connectivity index (χ0n) is 22.3. The van der Waals surface area contributed by atoms with Gasteiger partial charge in [0, 0.05) is 26.9 Å². The Balaban J connectivity index is 0.992. The minimum Gasteiger partial charge on any atom is -0.455 e. The van der Waals surface area contributed by atoms with E-state index in [9.17, 15) is 14.4 Å². The molecule has 0 aromatic rings. The molecule has 0 aromatic heterocycles. The van der Waals surface area contributed by atoms with E-state index in [0.717, 1.165) is 17.8 Å². The SMILES string of the molecule is CC(C)(OCC12CC3CC(CC(C3)C1)C2)OC(=O)C1C2OC3C(OC(=O)C31)C2OC(=O)CN1CCOCC1. The molecule has 6 bridgehead atoms. The van der Waals surface area contributed by atoms with Crippen molar-refractivity contribution >= 4 is 17.9 Å². The molecule has 10 nitrogen and oxygen atoms in total. The Morgan fingerprint density at radius 1 is 1.00 bits per heavy atom. The summed E-state index contributed by atoms with van der Waals surface area (Å²) in [5.41, 5.74) is 0.191. The number of fused-ring (bicyclic) bond motifs is 1. The van der Waals surface area contributed by atoms with Crippen LogP contribution in [-0.4, -0.2) is 92.5 Å². The molecule has 4 heterocycles. The zero-order chi connectivity index (χ0) is 26.2. The Morgan fingerprint density at radius 3 is 2.32 bits per heavy atom. The molecule has 38 heavy (non-hydrogen) atoms. The van der Waals surface area contributed by atoms with Crippen LogP contribution in [-0.2, 0) is 42.8 Å². The first-order valence-corrected chi connectivity index (χ1v) is 14.4. The first-order chi connectivity index (χ1) is 18.2. The van der Waals surface area contributed by atoms with Crippen molar-refractivity contribution in [3.63, 3.8) is 0 Å². The fourth-order valence-electron chi connectivity index (χ4n) is 9.00. The van der Waals surface area contributed by atoms with Gasteiger partial charge in [0.25, 0.3) is 0 Å². The van der Waals surface area contributed by atoms with Gasteiger partial charge in [-0.15, -0.1) is 0 Å². The molecule has 4 aliphatic carbocycles. The van der Waals surface area contributed by atoms with E-state index in [4.69, 9.17) is 28.4 Å². The lowest BCUT2D eigenvalue weighted by molar-refractivity contribution is -0.240. The summed E-state index contributed by atoms with van der Waals surface area (Å²) in [4.78, 5) is 40.9. The van der Waals surface area contributed by atoms with E-state index < -0.39 is 59.9 Å². The molecular formula is C28H39NO9. The van der Waals surface area contributed by atoms with Crippen molar-refractivity contribution in [3.8, 4) is 0 Å². The van der Waals surface area contributed by atoms with Gasteiger partial charge in [-0.3, -0.25) is 19.3 Å². The summed E-state index contributed by atoms with van der Waals surface area (Å²) in [6.07, 6.45) is 4.79. The van der Waals surface area contributed by atoms with E-state index in [2.05, 4.69) is 0 Å². The van der Waals surface area contributed by atoms with Crippen LogP contribution >= 0.6 is 0 Å². The Bertz CT molecular complexity index is 956. The number of hydrogen-bond acceptors (Lipinski definition) is 10. The van der Waals surface area contributed by atoms with Gasteiger partial charge in [-0.2, -0.15) is 0 Å². The average molecular weight is 534 g/mol. The number of rotatable bonds is 8. The third kappa shape index (κ3) is 4.35.